The molecule has 2 saturated carbocycles. The second-order valence-corrected chi connectivity index (χ2v) is 19.2. The topological polar surface area (TPSA) is 133 Å². The Labute approximate surface area is 336 Å². The van der Waals surface area contributed by atoms with Gasteiger partial charge in [0, 0.05) is 31.3 Å². The number of amides is 1. The zero-order chi connectivity index (χ0) is 40.3. The summed E-state index contributed by atoms with van der Waals surface area (Å²) in [5.41, 5.74) is 4.93. The van der Waals surface area contributed by atoms with Crippen LogP contribution in [0.2, 0.25) is 0 Å². The van der Waals surface area contributed by atoms with Crippen LogP contribution in [-0.2, 0) is 46.1 Å². The first-order valence-corrected chi connectivity index (χ1v) is 21.0. The Kier molecular flexibility index (Phi) is 10.6. The third-order valence-corrected chi connectivity index (χ3v) is 13.4. The fourth-order valence-corrected chi connectivity index (χ4v) is 10.2. The van der Waals surface area contributed by atoms with Crippen molar-refractivity contribution >= 4 is 23.9 Å². The Bertz CT molecular complexity index is 1930. The number of carbonyl (C=O) groups excluding carboxylic acids is 3. The number of ether oxygens (including phenoxy) is 5. The van der Waals surface area contributed by atoms with E-state index in [1.807, 2.05) is 36.4 Å². The molecule has 1 spiro atoms. The molecule has 6 aliphatic rings. The zero-order valence-electron chi connectivity index (χ0n) is 34.3. The number of fused-ring (bicyclic) bond motifs is 4. The highest BCUT2D eigenvalue weighted by Gasteiger charge is 2.57. The van der Waals surface area contributed by atoms with Gasteiger partial charge >= 0.3 is 11.9 Å². The van der Waals surface area contributed by atoms with Crippen LogP contribution in [0.3, 0.4) is 0 Å². The average Bonchev–Trinajstić information content (AvgIpc) is 3.44. The number of carbonyl (C=O) groups is 3. The fraction of sp³-hybridized carbons (Fsp3) is 0.596. The summed E-state index contributed by atoms with van der Waals surface area (Å²) in [6, 6.07) is 15.1. The average molecular weight is 782 g/mol. The first-order chi connectivity index (χ1) is 27.0. The van der Waals surface area contributed by atoms with Crippen molar-refractivity contribution in [2.24, 2.45) is 17.3 Å². The number of esters is 2. The first-order valence-electron chi connectivity index (χ1n) is 21.0. The molecule has 1 amide bonds. The van der Waals surface area contributed by atoms with Crippen molar-refractivity contribution in [1.82, 2.24) is 5.32 Å². The molecule has 4 fully saturated rings. The molecular formula is C47H59NO9. The summed E-state index contributed by atoms with van der Waals surface area (Å²) in [4.78, 5) is 40.7. The predicted octanol–water partition coefficient (Wildman–Crippen LogP) is 7.20. The lowest BCUT2D eigenvalue weighted by molar-refractivity contribution is -0.172. The van der Waals surface area contributed by atoms with Crippen molar-refractivity contribution in [3.05, 3.63) is 88.0 Å². The van der Waals surface area contributed by atoms with E-state index in [1.165, 1.54) is 5.57 Å². The molecular weight excluding hydrogens is 723 g/mol. The summed E-state index contributed by atoms with van der Waals surface area (Å²) in [7, 11) is 0. The van der Waals surface area contributed by atoms with E-state index < -0.39 is 53.6 Å². The SMILES string of the molecule is CC(C)(C)OC(=O)CCC(CO)NC(=O)C1=CC2OC3(Cc4ccccc4C3)OC2C(OC(=O)c2ccccc2C=C2CCC3OC3(C)CCC3C2CC3(C)C)C1. The second kappa shape index (κ2) is 15.1. The fourth-order valence-electron chi connectivity index (χ4n) is 10.2. The minimum Gasteiger partial charge on any atom is -0.460 e. The summed E-state index contributed by atoms with van der Waals surface area (Å²) in [5, 5.41) is 13.0. The van der Waals surface area contributed by atoms with E-state index in [2.05, 4.69) is 44.3 Å². The standard InChI is InChI=1S/C47H59NO9/c1-44(2,3)56-40(50)18-16-33(27-49)48-42(51)32-22-37(41-38(23-32)54-47(57-41)24-30-12-7-8-13-31(30)25-47)53-43(52)34-14-10-9-11-28(34)21-29-15-17-39-46(6,55-39)20-19-36-35(29)26-45(36,4)5/h7-14,21,23,33,35-39,41,49H,15-20,22,24-27H2,1-6H3,(H,48,51). The van der Waals surface area contributed by atoms with Crippen molar-refractivity contribution in [2.45, 2.75) is 153 Å². The molecule has 8 unspecified atom stereocenters. The Morgan fingerprint density at radius 1 is 0.982 bits per heavy atom. The zero-order valence-corrected chi connectivity index (χ0v) is 34.3. The maximum absolute atomic E-state index is 14.4. The number of rotatable bonds is 9. The maximum atomic E-state index is 14.4. The largest absolute Gasteiger partial charge is 0.460 e. The lowest BCUT2D eigenvalue weighted by atomic mass is 9.52. The predicted molar refractivity (Wildman–Crippen MR) is 214 cm³/mol. The monoisotopic (exact) mass is 781 g/mol. The molecule has 0 aromatic heterocycles. The van der Waals surface area contributed by atoms with Gasteiger partial charge in [-0.25, -0.2) is 4.79 Å². The molecule has 10 nitrogen and oxygen atoms in total. The Morgan fingerprint density at radius 3 is 2.40 bits per heavy atom. The van der Waals surface area contributed by atoms with Gasteiger partial charge in [0.2, 0.25) is 5.91 Å². The van der Waals surface area contributed by atoms with Crippen LogP contribution in [0.1, 0.15) is 120 Å². The highest BCUT2D eigenvalue weighted by molar-refractivity contribution is 5.95. The Balaban J connectivity index is 1.03. The molecule has 8 atom stereocenters. The Hall–Kier alpha value is -3.83. The van der Waals surface area contributed by atoms with Crippen molar-refractivity contribution in [3.63, 3.8) is 0 Å². The van der Waals surface area contributed by atoms with Gasteiger partial charge in [-0.3, -0.25) is 9.59 Å². The highest BCUT2D eigenvalue weighted by Crippen LogP contribution is 2.60. The van der Waals surface area contributed by atoms with Gasteiger partial charge in [-0.05, 0) is 112 Å². The summed E-state index contributed by atoms with van der Waals surface area (Å²) in [6.07, 6.45) is 8.85. The normalized spacial score (nSPS) is 31.8. The molecule has 8 rings (SSSR count). The molecule has 2 aromatic rings. The number of hydrogen-bond donors (Lipinski definition) is 2. The van der Waals surface area contributed by atoms with Crippen molar-refractivity contribution in [2.75, 3.05) is 6.61 Å². The third-order valence-electron chi connectivity index (χ3n) is 13.4. The lowest BCUT2D eigenvalue weighted by Gasteiger charge is -2.53. The van der Waals surface area contributed by atoms with Crippen molar-refractivity contribution < 1.29 is 43.2 Å². The molecule has 10 heteroatoms. The summed E-state index contributed by atoms with van der Waals surface area (Å²) in [6.45, 7) is 12.0. The number of aliphatic hydroxyl groups excluding tert-OH is 1. The van der Waals surface area contributed by atoms with Crippen LogP contribution < -0.4 is 5.32 Å². The van der Waals surface area contributed by atoms with Crippen LogP contribution in [0.5, 0.6) is 0 Å². The summed E-state index contributed by atoms with van der Waals surface area (Å²) >= 11 is 0. The van der Waals surface area contributed by atoms with Gasteiger partial charge < -0.3 is 34.1 Å². The van der Waals surface area contributed by atoms with Crippen LogP contribution in [0.15, 0.2) is 65.8 Å². The quantitative estimate of drug-likeness (QED) is 0.200. The highest BCUT2D eigenvalue weighted by atomic mass is 16.8. The van der Waals surface area contributed by atoms with E-state index in [4.69, 9.17) is 23.7 Å². The van der Waals surface area contributed by atoms with Gasteiger partial charge in [0.1, 0.15) is 23.9 Å². The molecule has 2 heterocycles. The van der Waals surface area contributed by atoms with Crippen LogP contribution >= 0.6 is 0 Å². The Morgan fingerprint density at radius 2 is 1.70 bits per heavy atom. The number of benzene rings is 2. The van der Waals surface area contributed by atoms with Crippen LogP contribution in [0.4, 0.5) is 0 Å². The minimum absolute atomic E-state index is 0.0135. The van der Waals surface area contributed by atoms with E-state index in [0.29, 0.717) is 35.8 Å². The molecule has 0 bridgehead atoms. The van der Waals surface area contributed by atoms with Gasteiger partial charge in [0.05, 0.1) is 29.9 Å². The van der Waals surface area contributed by atoms with E-state index in [0.717, 1.165) is 48.8 Å². The minimum atomic E-state index is -0.944. The maximum Gasteiger partial charge on any atom is 0.339 e. The van der Waals surface area contributed by atoms with Crippen LogP contribution in [-0.4, -0.2) is 77.0 Å². The molecule has 57 heavy (non-hydrogen) atoms. The molecule has 2 saturated heterocycles. The van der Waals surface area contributed by atoms with E-state index in [9.17, 15) is 19.5 Å². The van der Waals surface area contributed by atoms with Gasteiger partial charge in [-0.1, -0.05) is 68.0 Å². The van der Waals surface area contributed by atoms with Crippen molar-refractivity contribution in [3.8, 4) is 0 Å². The molecule has 2 aliphatic heterocycles. The van der Waals surface area contributed by atoms with E-state index >= 15 is 0 Å². The third kappa shape index (κ3) is 8.38. The number of epoxide rings is 1. The number of allylic oxidation sites excluding steroid dienone is 1. The number of aliphatic hydroxyl groups is 1. The van der Waals surface area contributed by atoms with Gasteiger partial charge in [0.15, 0.2) is 5.79 Å². The van der Waals surface area contributed by atoms with Crippen LogP contribution in [0.25, 0.3) is 6.08 Å². The molecule has 2 aromatic carbocycles. The first kappa shape index (κ1) is 40.0. The lowest BCUT2D eigenvalue weighted by Crippen LogP contribution is -2.45. The number of nitrogens with one attached hydrogen (secondary N) is 1. The molecule has 306 valence electrons. The summed E-state index contributed by atoms with van der Waals surface area (Å²) < 4.78 is 31.5. The smallest absolute Gasteiger partial charge is 0.339 e. The molecule has 4 aliphatic carbocycles. The van der Waals surface area contributed by atoms with Gasteiger partial charge in [0.25, 0.3) is 0 Å². The summed E-state index contributed by atoms with van der Waals surface area (Å²) in [5.74, 6) is -1.22. The van der Waals surface area contributed by atoms with Crippen LogP contribution in [0, 0.1) is 17.3 Å². The van der Waals surface area contributed by atoms with Gasteiger partial charge in [-0.15, -0.1) is 0 Å². The molecule has 2 N–H and O–H groups in total. The van der Waals surface area contributed by atoms with Gasteiger partial charge in [-0.2, -0.15) is 0 Å². The number of hydrogen-bond acceptors (Lipinski definition) is 9. The second-order valence-electron chi connectivity index (χ2n) is 19.2. The van der Waals surface area contributed by atoms with Crippen molar-refractivity contribution in [1.29, 1.82) is 0 Å². The van der Waals surface area contributed by atoms with E-state index in [-0.39, 0.29) is 43.0 Å². The van der Waals surface area contributed by atoms with E-state index in [1.54, 1.807) is 26.8 Å². The molecule has 0 radical (unpaired) electrons.